The lowest BCUT2D eigenvalue weighted by atomic mass is 9.80. The maximum atomic E-state index is 12.2. The van der Waals surface area contributed by atoms with Crippen LogP contribution in [0.1, 0.15) is 30.0 Å². The summed E-state index contributed by atoms with van der Waals surface area (Å²) >= 11 is 0. The lowest BCUT2D eigenvalue weighted by Crippen LogP contribution is -2.43. The van der Waals surface area contributed by atoms with Gasteiger partial charge in [0, 0.05) is 6.61 Å². The molecule has 2 aliphatic heterocycles. The Kier molecular flexibility index (Phi) is 4.39. The molecule has 0 radical (unpaired) electrons. The van der Waals surface area contributed by atoms with E-state index in [-0.39, 0.29) is 18.7 Å². The lowest BCUT2D eigenvalue weighted by molar-refractivity contribution is -0.120. The summed E-state index contributed by atoms with van der Waals surface area (Å²) < 4.78 is 17.3. The molecule has 1 amide bonds. The number of hydrogen-bond acceptors (Lipinski definition) is 4. The second-order valence-electron chi connectivity index (χ2n) is 6.47. The maximum Gasteiger partial charge on any atom is 0.243 e. The van der Waals surface area contributed by atoms with E-state index >= 15 is 0 Å². The van der Waals surface area contributed by atoms with Crippen LogP contribution in [-0.4, -0.2) is 19.3 Å². The molecule has 2 unspecified atom stereocenters. The van der Waals surface area contributed by atoms with E-state index in [9.17, 15) is 4.79 Å². The molecule has 5 heteroatoms. The van der Waals surface area contributed by atoms with Gasteiger partial charge in [-0.25, -0.2) is 0 Å². The van der Waals surface area contributed by atoms with E-state index in [0.29, 0.717) is 12.4 Å². The van der Waals surface area contributed by atoms with Crippen molar-refractivity contribution in [3.05, 3.63) is 72.3 Å². The van der Waals surface area contributed by atoms with Crippen molar-refractivity contribution in [2.24, 2.45) is 0 Å². The second kappa shape index (κ2) is 6.84. The molecular formula is C21H21NO4. The van der Waals surface area contributed by atoms with Gasteiger partial charge in [-0.1, -0.05) is 43.0 Å². The molecule has 2 aromatic rings. The summed E-state index contributed by atoms with van der Waals surface area (Å²) in [6, 6.07) is 15.4. The van der Waals surface area contributed by atoms with Gasteiger partial charge in [0.15, 0.2) is 11.5 Å². The van der Waals surface area contributed by atoms with Crippen LogP contribution >= 0.6 is 0 Å². The highest BCUT2D eigenvalue weighted by Crippen LogP contribution is 2.48. The number of carbonyl (C=O) groups is 1. The minimum Gasteiger partial charge on any atom is -0.454 e. The van der Waals surface area contributed by atoms with Crippen molar-refractivity contribution in [1.82, 2.24) is 5.32 Å². The van der Waals surface area contributed by atoms with Gasteiger partial charge in [-0.2, -0.15) is 0 Å². The van der Waals surface area contributed by atoms with E-state index in [1.165, 1.54) is 6.08 Å². The molecule has 0 aliphatic carbocycles. The van der Waals surface area contributed by atoms with E-state index in [0.717, 1.165) is 29.7 Å². The first-order chi connectivity index (χ1) is 12.7. The van der Waals surface area contributed by atoms with Gasteiger partial charge in [-0.05, 0) is 42.2 Å². The van der Waals surface area contributed by atoms with Gasteiger partial charge in [0.2, 0.25) is 12.7 Å². The topological polar surface area (TPSA) is 56.8 Å². The predicted molar refractivity (Wildman–Crippen MR) is 97.0 cm³/mol. The third-order valence-corrected chi connectivity index (χ3v) is 4.98. The molecule has 2 aromatic carbocycles. The van der Waals surface area contributed by atoms with E-state index in [4.69, 9.17) is 14.2 Å². The molecule has 1 fully saturated rings. The van der Waals surface area contributed by atoms with Crippen LogP contribution in [0, 0.1) is 0 Å². The Morgan fingerprint density at radius 3 is 2.69 bits per heavy atom. The van der Waals surface area contributed by atoms with E-state index in [1.54, 1.807) is 0 Å². The highest BCUT2D eigenvalue weighted by molar-refractivity contribution is 5.87. The SMILES string of the molecule is C=CC(=O)NC(c1ccccc1)C1(c2ccc3c(c2)OCO3)CCCO1. The third-order valence-electron chi connectivity index (χ3n) is 4.98. The fourth-order valence-electron chi connectivity index (χ4n) is 3.76. The number of hydrogen-bond donors (Lipinski definition) is 1. The van der Waals surface area contributed by atoms with Crippen LogP contribution in [0.3, 0.4) is 0 Å². The van der Waals surface area contributed by atoms with Crippen molar-refractivity contribution in [1.29, 1.82) is 0 Å². The number of amides is 1. The van der Waals surface area contributed by atoms with Crippen molar-refractivity contribution < 1.29 is 19.0 Å². The molecule has 1 N–H and O–H groups in total. The summed E-state index contributed by atoms with van der Waals surface area (Å²) in [6.45, 7) is 4.45. The first kappa shape index (κ1) is 16.7. The molecule has 2 heterocycles. The van der Waals surface area contributed by atoms with Crippen LogP contribution in [0.15, 0.2) is 61.2 Å². The van der Waals surface area contributed by atoms with E-state index in [2.05, 4.69) is 11.9 Å². The van der Waals surface area contributed by atoms with Gasteiger partial charge < -0.3 is 19.5 Å². The largest absolute Gasteiger partial charge is 0.454 e. The Balaban J connectivity index is 1.81. The number of rotatable bonds is 5. The number of ether oxygens (including phenoxy) is 3. The fourth-order valence-corrected chi connectivity index (χ4v) is 3.76. The Labute approximate surface area is 152 Å². The van der Waals surface area contributed by atoms with Gasteiger partial charge in [0.1, 0.15) is 5.60 Å². The third kappa shape index (κ3) is 2.84. The zero-order valence-electron chi connectivity index (χ0n) is 14.4. The van der Waals surface area contributed by atoms with Crippen LogP contribution < -0.4 is 14.8 Å². The van der Waals surface area contributed by atoms with Gasteiger partial charge in [0.25, 0.3) is 0 Å². The van der Waals surface area contributed by atoms with Crippen molar-refractivity contribution in [3.8, 4) is 11.5 Å². The zero-order chi connectivity index (χ0) is 18.0. The molecule has 2 atom stereocenters. The molecule has 134 valence electrons. The van der Waals surface area contributed by atoms with Crippen LogP contribution in [0.25, 0.3) is 0 Å². The summed E-state index contributed by atoms with van der Waals surface area (Å²) in [4.78, 5) is 12.2. The molecule has 26 heavy (non-hydrogen) atoms. The molecule has 0 saturated carbocycles. The molecular weight excluding hydrogens is 330 g/mol. The number of nitrogens with one attached hydrogen (secondary N) is 1. The van der Waals surface area contributed by atoms with Crippen molar-refractivity contribution in [2.75, 3.05) is 13.4 Å². The Hall–Kier alpha value is -2.79. The number of fused-ring (bicyclic) bond motifs is 1. The van der Waals surface area contributed by atoms with Crippen LogP contribution in [-0.2, 0) is 15.1 Å². The average molecular weight is 351 g/mol. The van der Waals surface area contributed by atoms with Crippen molar-refractivity contribution in [3.63, 3.8) is 0 Å². The summed E-state index contributed by atoms with van der Waals surface area (Å²) in [5.41, 5.74) is 1.29. The predicted octanol–water partition coefficient (Wildman–Crippen LogP) is 3.46. The van der Waals surface area contributed by atoms with Crippen LogP contribution in [0.2, 0.25) is 0 Å². The molecule has 0 aromatic heterocycles. The van der Waals surface area contributed by atoms with Gasteiger partial charge in [-0.15, -0.1) is 0 Å². The summed E-state index contributed by atoms with van der Waals surface area (Å²) in [7, 11) is 0. The highest BCUT2D eigenvalue weighted by atomic mass is 16.7. The van der Waals surface area contributed by atoms with Crippen molar-refractivity contribution in [2.45, 2.75) is 24.5 Å². The molecule has 2 aliphatic rings. The van der Waals surface area contributed by atoms with Gasteiger partial charge in [0.05, 0.1) is 6.04 Å². The normalized spacial score (nSPS) is 22.0. The Morgan fingerprint density at radius 2 is 1.96 bits per heavy atom. The summed E-state index contributed by atoms with van der Waals surface area (Å²) in [6.07, 6.45) is 3.00. The van der Waals surface area contributed by atoms with Crippen LogP contribution in [0.5, 0.6) is 11.5 Å². The molecule has 0 spiro atoms. The minimum absolute atomic E-state index is 0.224. The van der Waals surface area contributed by atoms with Crippen molar-refractivity contribution >= 4 is 5.91 Å². The van der Waals surface area contributed by atoms with E-state index in [1.807, 2.05) is 48.5 Å². The number of benzene rings is 2. The Bertz CT molecular complexity index is 812. The fraction of sp³-hybridized carbons (Fsp3) is 0.286. The smallest absolute Gasteiger partial charge is 0.243 e. The minimum atomic E-state index is -0.666. The molecule has 4 rings (SSSR count). The van der Waals surface area contributed by atoms with Crippen LogP contribution in [0.4, 0.5) is 0 Å². The Morgan fingerprint density at radius 1 is 1.15 bits per heavy atom. The van der Waals surface area contributed by atoms with E-state index < -0.39 is 5.60 Å². The molecule has 0 bridgehead atoms. The average Bonchev–Trinajstić information content (AvgIpc) is 3.36. The molecule has 1 saturated heterocycles. The zero-order valence-corrected chi connectivity index (χ0v) is 14.4. The van der Waals surface area contributed by atoms with Gasteiger partial charge >= 0.3 is 0 Å². The monoisotopic (exact) mass is 351 g/mol. The summed E-state index contributed by atoms with van der Waals surface area (Å²) in [5, 5.41) is 3.08. The first-order valence-electron chi connectivity index (χ1n) is 8.75. The first-order valence-corrected chi connectivity index (χ1v) is 8.75. The lowest BCUT2D eigenvalue weighted by Gasteiger charge is -2.38. The highest BCUT2D eigenvalue weighted by Gasteiger charge is 2.46. The molecule has 5 nitrogen and oxygen atoms in total. The quantitative estimate of drug-likeness (QED) is 0.838. The maximum absolute atomic E-state index is 12.2. The summed E-state index contributed by atoms with van der Waals surface area (Å²) in [5.74, 6) is 1.21. The van der Waals surface area contributed by atoms with Gasteiger partial charge in [-0.3, -0.25) is 4.79 Å². The second-order valence-corrected chi connectivity index (χ2v) is 6.47. The number of carbonyl (C=O) groups excluding carboxylic acids is 1. The standard InChI is InChI=1S/C21H21NO4/c1-2-19(23)22-20(15-7-4-3-5-8-15)21(11-6-12-26-21)16-9-10-17-18(13-16)25-14-24-17/h2-5,7-10,13,20H,1,6,11-12,14H2,(H,22,23).